The van der Waals surface area contributed by atoms with Crippen molar-refractivity contribution in [2.75, 3.05) is 32.6 Å². The number of primary amides is 1. The number of thioether (sulfide) groups is 1. The highest BCUT2D eigenvalue weighted by Crippen LogP contribution is 2.46. The van der Waals surface area contributed by atoms with E-state index in [0.717, 1.165) is 23.8 Å². The van der Waals surface area contributed by atoms with E-state index in [1.54, 1.807) is 13.8 Å². The molecule has 2 heterocycles. The number of carboxylic acids is 2. The van der Waals surface area contributed by atoms with Gasteiger partial charge in [-0.1, -0.05) is 13.8 Å². The zero-order valence-electron chi connectivity index (χ0n) is 35.8. The molecule has 0 spiro atoms. The van der Waals surface area contributed by atoms with E-state index in [1.165, 1.54) is 6.92 Å². The van der Waals surface area contributed by atoms with Gasteiger partial charge in [-0.25, -0.2) is 4.79 Å². The number of fused-ring (bicyclic) bond motifs is 1. The molecule has 0 aliphatic carbocycles. The number of rotatable bonds is 28. The van der Waals surface area contributed by atoms with Crippen molar-refractivity contribution in [3.8, 4) is 0 Å². The van der Waals surface area contributed by atoms with E-state index in [2.05, 4.69) is 26.6 Å². The summed E-state index contributed by atoms with van der Waals surface area (Å²) in [5, 5.41) is 50.7. The Morgan fingerprint density at radius 2 is 1.56 bits per heavy atom. The molecule has 0 bridgehead atoms. The second-order valence-electron chi connectivity index (χ2n) is 15.4. The van der Waals surface area contributed by atoms with Crippen molar-refractivity contribution in [1.29, 1.82) is 0 Å². The predicted octanol–water partition coefficient (Wildman–Crippen LogP) is -5.88. The van der Waals surface area contributed by atoms with E-state index in [4.69, 9.17) is 37.5 Å². The lowest BCUT2D eigenvalue weighted by atomic mass is 9.97. The van der Waals surface area contributed by atoms with Crippen LogP contribution < -0.4 is 49.5 Å². The molecule has 26 nitrogen and oxygen atoms in total. The standard InChI is InChI=1S/C37H60N10O16S/c1-16(2)27(32(56)45-30(54)20(8-6-10-38)43-31(55)22(13-48)44-29(53)17(3)39)42-21(11-24(41)50)23(49)12-26(52)63-14-18-15-64-36-37(62-4,35(61)47(36)28(18)34(59)60)46-25(51)9-5-7-19(40)33(57)58/h16-17,19-23,27,36,42,48-49H,5-15,38-40H2,1-4H3,(H2,41,50)(H,43,55)(H,44,53)(H,46,51)(H,57,58)(H,59,60)(H,45,54,56)/t17-,19+,20-,21?,22-,23?,27-,36+,37-/m0/s1. The summed E-state index contributed by atoms with van der Waals surface area (Å²) in [4.78, 5) is 127. The number of aliphatic hydroxyl groups excluding tert-OH is 2. The molecule has 17 N–H and O–H groups in total. The van der Waals surface area contributed by atoms with Crippen molar-refractivity contribution in [3.05, 3.63) is 11.3 Å². The van der Waals surface area contributed by atoms with Crippen LogP contribution in [0.1, 0.15) is 65.7 Å². The number of carboxylic acid groups (broad SMARTS) is 2. The number of imide groups is 1. The number of nitrogens with one attached hydrogen (secondary N) is 5. The van der Waals surface area contributed by atoms with Crippen LogP contribution in [0.25, 0.3) is 0 Å². The van der Waals surface area contributed by atoms with Gasteiger partial charge in [0, 0.05) is 37.3 Å². The Kier molecular flexibility index (Phi) is 21.6. The summed E-state index contributed by atoms with van der Waals surface area (Å²) in [6.45, 7) is 3.03. The number of carbonyl (C=O) groups is 10. The number of aliphatic hydroxyl groups is 2. The molecule has 2 aliphatic rings. The van der Waals surface area contributed by atoms with Crippen LogP contribution in [0.5, 0.6) is 0 Å². The van der Waals surface area contributed by atoms with Gasteiger partial charge in [0.1, 0.15) is 35.8 Å². The normalized spacial score (nSPS) is 20.2. The van der Waals surface area contributed by atoms with Crippen molar-refractivity contribution in [2.24, 2.45) is 28.9 Å². The smallest absolute Gasteiger partial charge is 0.352 e. The van der Waals surface area contributed by atoms with Crippen LogP contribution in [-0.4, -0.2) is 171 Å². The maximum Gasteiger partial charge on any atom is 0.352 e. The second-order valence-corrected chi connectivity index (χ2v) is 16.5. The fourth-order valence-corrected chi connectivity index (χ4v) is 7.86. The molecule has 0 radical (unpaired) electrons. The fourth-order valence-electron chi connectivity index (χ4n) is 6.44. The van der Waals surface area contributed by atoms with Gasteiger partial charge >= 0.3 is 17.9 Å². The number of ether oxygens (including phenoxy) is 2. The number of hydrogen-bond donors (Lipinski definition) is 13. The highest BCUT2D eigenvalue weighted by Gasteiger charge is 2.66. The Labute approximate surface area is 371 Å². The van der Waals surface area contributed by atoms with E-state index >= 15 is 0 Å². The SMILES string of the molecule is CO[C@@]1(NC(=O)CCC[C@@H](N)C(=O)O)C(=O)N2C(C(=O)O)=C(COC(=O)CC(O)C(CC(N)=O)N[C@H](C(=O)NC(=O)[C@H](CCCN)NC(=O)[C@H](CO)NC(=O)[C@H](C)N)C(C)C)CS[C@@H]21. The largest absolute Gasteiger partial charge is 0.480 e. The first kappa shape index (κ1) is 54.8. The average molecular weight is 933 g/mol. The molecule has 1 saturated heterocycles. The van der Waals surface area contributed by atoms with Gasteiger partial charge in [-0.3, -0.25) is 58.7 Å². The van der Waals surface area contributed by atoms with Gasteiger partial charge in [-0.05, 0) is 45.1 Å². The van der Waals surface area contributed by atoms with Gasteiger partial charge < -0.3 is 68.8 Å². The number of amides is 7. The molecule has 64 heavy (non-hydrogen) atoms. The fraction of sp³-hybridized carbons (Fsp3) is 0.676. The maximum absolute atomic E-state index is 13.5. The summed E-state index contributed by atoms with van der Waals surface area (Å²) in [6.07, 6.45) is -3.24. The van der Waals surface area contributed by atoms with E-state index in [9.17, 15) is 63.3 Å². The number of β-lactam (4-membered cyclic amide) rings is 1. The molecule has 360 valence electrons. The minimum absolute atomic E-state index is 0.0263. The topological polar surface area (TPSA) is 438 Å². The monoisotopic (exact) mass is 932 g/mol. The minimum atomic E-state index is -1.96. The van der Waals surface area contributed by atoms with Crippen LogP contribution in [0, 0.1) is 5.92 Å². The summed E-state index contributed by atoms with van der Waals surface area (Å²) in [7, 11) is 1.13. The minimum Gasteiger partial charge on any atom is -0.480 e. The lowest BCUT2D eigenvalue weighted by Crippen LogP contribution is -2.80. The Balaban J connectivity index is 2.16. The zero-order valence-corrected chi connectivity index (χ0v) is 36.6. The Morgan fingerprint density at radius 3 is 2.09 bits per heavy atom. The van der Waals surface area contributed by atoms with Crippen molar-refractivity contribution in [1.82, 2.24) is 31.5 Å². The molecule has 1 fully saturated rings. The Bertz CT molecular complexity index is 1800. The van der Waals surface area contributed by atoms with Gasteiger partial charge in [-0.15, -0.1) is 11.8 Å². The number of carbonyl (C=O) groups excluding carboxylic acids is 8. The molecule has 0 aromatic carbocycles. The molecule has 0 saturated carbocycles. The number of nitrogens with two attached hydrogens (primary N) is 4. The molecule has 9 atom stereocenters. The highest BCUT2D eigenvalue weighted by molar-refractivity contribution is 8.00. The van der Waals surface area contributed by atoms with Crippen molar-refractivity contribution >= 4 is 71.0 Å². The number of esters is 1. The van der Waals surface area contributed by atoms with Crippen LogP contribution in [0.3, 0.4) is 0 Å². The number of methoxy groups -OCH3 is 1. The van der Waals surface area contributed by atoms with E-state index in [1.807, 2.05) is 0 Å². The van der Waals surface area contributed by atoms with E-state index < -0.39 is 150 Å². The first-order chi connectivity index (χ1) is 29.9. The van der Waals surface area contributed by atoms with Crippen molar-refractivity contribution < 1.29 is 77.8 Å². The number of aliphatic carboxylic acids is 2. The Morgan fingerprint density at radius 1 is 0.922 bits per heavy atom. The summed E-state index contributed by atoms with van der Waals surface area (Å²) in [5.74, 6) is -11.0. The summed E-state index contributed by atoms with van der Waals surface area (Å²) < 4.78 is 10.6. The van der Waals surface area contributed by atoms with Gasteiger partial charge in [0.25, 0.3) is 11.6 Å². The van der Waals surface area contributed by atoms with Crippen LogP contribution in [0.2, 0.25) is 0 Å². The van der Waals surface area contributed by atoms with Crippen LogP contribution in [0.15, 0.2) is 11.3 Å². The second kappa shape index (κ2) is 25.3. The molecular formula is C37H60N10O16S. The third-order valence-electron chi connectivity index (χ3n) is 10.0. The van der Waals surface area contributed by atoms with Crippen LogP contribution >= 0.6 is 11.8 Å². The summed E-state index contributed by atoms with van der Waals surface area (Å²) in [6, 6.07) is -7.81. The van der Waals surface area contributed by atoms with Gasteiger partial charge in [0.15, 0.2) is 0 Å². The third kappa shape index (κ3) is 14.9. The first-order valence-electron chi connectivity index (χ1n) is 20.1. The van der Waals surface area contributed by atoms with Crippen LogP contribution in [-0.2, 0) is 57.4 Å². The summed E-state index contributed by atoms with van der Waals surface area (Å²) >= 11 is 0.986. The van der Waals surface area contributed by atoms with Crippen molar-refractivity contribution in [3.63, 3.8) is 0 Å². The molecule has 2 aliphatic heterocycles. The third-order valence-corrected chi connectivity index (χ3v) is 11.4. The highest BCUT2D eigenvalue weighted by atomic mass is 32.2. The molecule has 2 unspecified atom stereocenters. The quantitative estimate of drug-likeness (QED) is 0.0197. The Hall–Kier alpha value is -5.29. The van der Waals surface area contributed by atoms with Gasteiger partial charge in [-0.2, -0.15) is 0 Å². The van der Waals surface area contributed by atoms with Gasteiger partial charge in [0.2, 0.25) is 35.4 Å². The molecule has 7 amide bonds. The average Bonchev–Trinajstić information content (AvgIpc) is 3.22. The molecule has 2 rings (SSSR count). The van der Waals surface area contributed by atoms with Crippen molar-refractivity contribution in [2.45, 2.75) is 119 Å². The van der Waals surface area contributed by atoms with E-state index in [-0.39, 0.29) is 50.0 Å². The number of hydrogen-bond acceptors (Lipinski definition) is 19. The zero-order chi connectivity index (χ0) is 48.6. The number of nitrogens with zero attached hydrogens (tertiary/aromatic N) is 1. The van der Waals surface area contributed by atoms with Crippen LogP contribution in [0.4, 0.5) is 0 Å². The molecule has 0 aromatic heterocycles. The molecule has 0 aromatic rings. The first-order valence-corrected chi connectivity index (χ1v) is 21.2. The lowest BCUT2D eigenvalue weighted by Gasteiger charge is -2.55. The lowest BCUT2D eigenvalue weighted by molar-refractivity contribution is -0.192. The van der Waals surface area contributed by atoms with Gasteiger partial charge in [0.05, 0.1) is 31.2 Å². The molecular weight excluding hydrogens is 873 g/mol. The maximum atomic E-state index is 13.5. The predicted molar refractivity (Wildman–Crippen MR) is 222 cm³/mol. The van der Waals surface area contributed by atoms with E-state index in [0.29, 0.717) is 0 Å². The summed E-state index contributed by atoms with van der Waals surface area (Å²) in [5.41, 5.74) is 19.4. The molecule has 27 heteroatoms.